The Morgan fingerprint density at radius 2 is 1.00 bits per heavy atom. The molecule has 29 heavy (non-hydrogen) atoms. The van der Waals surface area contributed by atoms with Gasteiger partial charge in [0.15, 0.2) is 0 Å². The summed E-state index contributed by atoms with van der Waals surface area (Å²) in [5.74, 6) is 5.26. The minimum absolute atomic E-state index is 0.416. The molecule has 0 aromatic rings. The second-order valence-electron chi connectivity index (χ2n) is 11.6. The lowest BCUT2D eigenvalue weighted by Gasteiger charge is -2.29. The second kappa shape index (κ2) is 7.18. The van der Waals surface area contributed by atoms with Crippen LogP contribution in [0.15, 0.2) is 0 Å². The van der Waals surface area contributed by atoms with Gasteiger partial charge in [0.2, 0.25) is 0 Å². The van der Waals surface area contributed by atoms with Crippen molar-refractivity contribution in [1.29, 1.82) is 0 Å². The van der Waals surface area contributed by atoms with Gasteiger partial charge in [-0.3, -0.25) is 0 Å². The highest BCUT2D eigenvalue weighted by atomic mass is 16.7. The van der Waals surface area contributed by atoms with Gasteiger partial charge in [0.05, 0.1) is 12.2 Å². The minimum Gasteiger partial charge on any atom is -0.366 e. The van der Waals surface area contributed by atoms with Crippen LogP contribution in [-0.4, -0.2) is 49.6 Å². The van der Waals surface area contributed by atoms with E-state index in [0.717, 1.165) is 35.5 Å². The van der Waals surface area contributed by atoms with Crippen molar-refractivity contribution in [2.24, 2.45) is 35.5 Å². The van der Waals surface area contributed by atoms with Gasteiger partial charge >= 0.3 is 0 Å². The summed E-state index contributed by atoms with van der Waals surface area (Å²) in [5.41, 5.74) is 0. The van der Waals surface area contributed by atoms with Crippen molar-refractivity contribution in [2.45, 2.75) is 107 Å². The van der Waals surface area contributed by atoms with Crippen molar-refractivity contribution < 1.29 is 9.47 Å². The molecule has 4 saturated carbocycles. The van der Waals surface area contributed by atoms with Gasteiger partial charge in [-0.1, -0.05) is 38.5 Å². The smallest absolute Gasteiger partial charge is 0.113 e. The van der Waals surface area contributed by atoms with E-state index in [2.05, 4.69) is 10.6 Å². The molecule has 4 aliphatic carbocycles. The van der Waals surface area contributed by atoms with E-state index >= 15 is 0 Å². The van der Waals surface area contributed by atoms with Crippen molar-refractivity contribution in [3.05, 3.63) is 0 Å². The Morgan fingerprint density at radius 1 is 0.517 bits per heavy atom. The van der Waals surface area contributed by atoms with Gasteiger partial charge in [-0.25, -0.2) is 0 Å². The second-order valence-corrected chi connectivity index (χ2v) is 11.6. The molecule has 0 aromatic carbocycles. The van der Waals surface area contributed by atoms with Crippen molar-refractivity contribution in [3.8, 4) is 0 Å². The van der Waals surface area contributed by atoms with E-state index in [-0.39, 0.29) is 0 Å². The SMILES string of the molecule is C1CNC2C[C@H]3CCCCC3[C@H]2C2OC2C2OC2[C@@H]2[C@H]3CCCC[C@@H]3C[C@@H]2NC1. The van der Waals surface area contributed by atoms with Crippen LogP contribution in [0, 0.1) is 35.5 Å². The first-order valence-corrected chi connectivity index (χ1v) is 13.2. The van der Waals surface area contributed by atoms with E-state index in [4.69, 9.17) is 9.47 Å². The van der Waals surface area contributed by atoms with Gasteiger partial charge < -0.3 is 20.1 Å². The maximum absolute atomic E-state index is 6.48. The van der Waals surface area contributed by atoms with E-state index in [1.807, 2.05) is 0 Å². The summed E-state index contributed by atoms with van der Waals surface area (Å²) < 4.78 is 13.0. The van der Waals surface area contributed by atoms with Crippen molar-refractivity contribution >= 4 is 0 Å². The molecule has 0 aromatic heterocycles. The van der Waals surface area contributed by atoms with E-state index < -0.39 is 0 Å². The molecule has 7 rings (SSSR count). The Labute approximate surface area is 176 Å². The monoisotopic (exact) mass is 400 g/mol. The van der Waals surface area contributed by atoms with E-state index in [0.29, 0.717) is 36.5 Å². The first kappa shape index (κ1) is 18.4. The summed E-state index contributed by atoms with van der Waals surface area (Å²) in [7, 11) is 0. The van der Waals surface area contributed by atoms with Gasteiger partial charge in [-0.05, 0) is 68.9 Å². The van der Waals surface area contributed by atoms with Crippen LogP contribution in [0.5, 0.6) is 0 Å². The fourth-order valence-electron chi connectivity index (χ4n) is 9.10. The third kappa shape index (κ3) is 3.07. The lowest BCUT2D eigenvalue weighted by molar-refractivity contribution is 0.183. The summed E-state index contributed by atoms with van der Waals surface area (Å²) in [5, 5.41) is 8.02. The average molecular weight is 401 g/mol. The maximum Gasteiger partial charge on any atom is 0.113 e. The van der Waals surface area contributed by atoms with Crippen LogP contribution in [0.3, 0.4) is 0 Å². The van der Waals surface area contributed by atoms with Crippen LogP contribution in [0.1, 0.15) is 70.6 Å². The fraction of sp³-hybridized carbons (Fsp3) is 1.00. The average Bonchev–Trinajstić information content (AvgIpc) is 3.63. The predicted octanol–water partition coefficient (Wildman–Crippen LogP) is 3.49. The molecule has 7 aliphatic rings. The highest BCUT2D eigenvalue weighted by Crippen LogP contribution is 2.57. The summed E-state index contributed by atoms with van der Waals surface area (Å²) in [6, 6.07) is 1.39. The van der Waals surface area contributed by atoms with Gasteiger partial charge in [0.1, 0.15) is 12.2 Å². The molecule has 162 valence electrons. The molecule has 0 amide bonds. The molecule has 4 heteroatoms. The number of fused-ring (bicyclic) bond motifs is 11. The van der Waals surface area contributed by atoms with E-state index in [9.17, 15) is 0 Å². The van der Waals surface area contributed by atoms with Gasteiger partial charge in [-0.15, -0.1) is 0 Å². The molecule has 3 aliphatic heterocycles. The Morgan fingerprint density at radius 3 is 1.52 bits per heavy atom. The molecule has 2 N–H and O–H groups in total. The molecule has 0 spiro atoms. The molecule has 6 unspecified atom stereocenters. The van der Waals surface area contributed by atoms with Crippen LogP contribution in [0.4, 0.5) is 0 Å². The van der Waals surface area contributed by atoms with E-state index in [1.54, 1.807) is 0 Å². The van der Waals surface area contributed by atoms with Crippen LogP contribution < -0.4 is 10.6 Å². The van der Waals surface area contributed by atoms with Crippen LogP contribution in [0.25, 0.3) is 0 Å². The number of rotatable bonds is 0. The zero-order valence-electron chi connectivity index (χ0n) is 17.9. The van der Waals surface area contributed by atoms with Gasteiger partial charge in [0.25, 0.3) is 0 Å². The third-order valence-corrected chi connectivity index (χ3v) is 10.3. The Hall–Kier alpha value is -0.160. The topological polar surface area (TPSA) is 49.1 Å². The lowest BCUT2D eigenvalue weighted by Crippen LogP contribution is -2.40. The molecule has 12 atom stereocenters. The van der Waals surface area contributed by atoms with Gasteiger partial charge in [0, 0.05) is 23.9 Å². The van der Waals surface area contributed by atoms with Crippen molar-refractivity contribution in [2.75, 3.05) is 13.1 Å². The van der Waals surface area contributed by atoms with Crippen molar-refractivity contribution in [1.82, 2.24) is 10.6 Å². The number of epoxide rings is 2. The fourth-order valence-corrected chi connectivity index (χ4v) is 9.10. The zero-order valence-corrected chi connectivity index (χ0v) is 17.9. The first-order valence-electron chi connectivity index (χ1n) is 13.2. The van der Waals surface area contributed by atoms with Gasteiger partial charge in [-0.2, -0.15) is 0 Å². The molecule has 4 nitrogen and oxygen atoms in total. The number of hydrogen-bond acceptors (Lipinski definition) is 4. The number of hydrogen-bond donors (Lipinski definition) is 2. The predicted molar refractivity (Wildman–Crippen MR) is 113 cm³/mol. The zero-order chi connectivity index (χ0) is 18.9. The third-order valence-electron chi connectivity index (χ3n) is 10.3. The Balaban J connectivity index is 1.13. The lowest BCUT2D eigenvalue weighted by atomic mass is 9.75. The summed E-state index contributed by atoms with van der Waals surface area (Å²) in [4.78, 5) is 0. The maximum atomic E-state index is 6.48. The Bertz CT molecular complexity index is 576. The standard InChI is InChI=1S/C25H40N2O2/c1-3-8-16-14(6-1)12-18-20(16)22-24(28-22)25-23(29-25)21-17-9-4-2-7-15(17)13-19(21)27-11-5-10-26-18/h14-27H,1-13H2/t14-,15-,16+,17?,18+,19?,20-,21-,22?,23?,24?,25?/m1/s1. The summed E-state index contributed by atoms with van der Waals surface area (Å²) >= 11 is 0. The largest absolute Gasteiger partial charge is 0.366 e. The van der Waals surface area contributed by atoms with Crippen LogP contribution >= 0.6 is 0 Å². The highest BCUT2D eigenvalue weighted by molar-refractivity contribution is 5.15. The summed E-state index contributed by atoms with van der Waals surface area (Å²) in [6.45, 7) is 2.36. The van der Waals surface area contributed by atoms with Crippen LogP contribution in [-0.2, 0) is 9.47 Å². The minimum atomic E-state index is 0.416. The molecule has 0 bridgehead atoms. The molecular formula is C25H40N2O2. The quantitative estimate of drug-likeness (QED) is 0.611. The molecular weight excluding hydrogens is 360 g/mol. The van der Waals surface area contributed by atoms with Crippen molar-refractivity contribution in [3.63, 3.8) is 0 Å². The Kier molecular flexibility index (Phi) is 4.56. The number of ether oxygens (including phenoxy) is 2. The molecule has 3 heterocycles. The molecule has 0 radical (unpaired) electrons. The molecule has 7 fully saturated rings. The highest BCUT2D eigenvalue weighted by Gasteiger charge is 2.66. The normalized spacial score (nSPS) is 58.8. The molecule has 3 saturated heterocycles. The first-order chi connectivity index (χ1) is 14.4. The summed E-state index contributed by atoms with van der Waals surface area (Å²) in [6.07, 6.45) is 17.5. The van der Waals surface area contributed by atoms with E-state index in [1.165, 1.54) is 83.7 Å². The van der Waals surface area contributed by atoms with Crippen LogP contribution in [0.2, 0.25) is 0 Å². The number of nitrogens with one attached hydrogen (secondary N) is 2.